The molecule has 0 bridgehead atoms. The molecule has 1 amide bonds. The minimum atomic E-state index is -1.22. The molecule has 0 fully saturated rings. The smallest absolute Gasteiger partial charge is 0.315 e. The number of hydrogen-bond donors (Lipinski definition) is 2. The van der Waals surface area contributed by atoms with Crippen molar-refractivity contribution in [2.75, 3.05) is 6.54 Å². The third-order valence-corrected chi connectivity index (χ3v) is 4.40. The second kappa shape index (κ2) is 8.47. The molecule has 0 aliphatic carbocycles. The van der Waals surface area contributed by atoms with Gasteiger partial charge in [-0.25, -0.2) is 4.39 Å². The zero-order valence-corrected chi connectivity index (χ0v) is 14.7. The molecule has 2 unspecified atom stereocenters. The molecule has 0 spiro atoms. The van der Waals surface area contributed by atoms with Gasteiger partial charge in [-0.2, -0.15) is 0 Å². The van der Waals surface area contributed by atoms with E-state index in [4.69, 9.17) is 4.74 Å². The first kappa shape index (κ1) is 19.4. The third-order valence-electron chi connectivity index (χ3n) is 4.40. The number of ether oxygens (including phenoxy) is 1. The highest BCUT2D eigenvalue weighted by Gasteiger charge is 2.39. The molecule has 26 heavy (non-hydrogen) atoms. The Morgan fingerprint density at radius 1 is 1.15 bits per heavy atom. The van der Waals surface area contributed by atoms with Gasteiger partial charge in [0.1, 0.15) is 17.0 Å². The lowest BCUT2D eigenvalue weighted by molar-refractivity contribution is -0.144. The van der Waals surface area contributed by atoms with Gasteiger partial charge in [0.25, 0.3) is 5.91 Å². The van der Waals surface area contributed by atoms with Crippen molar-refractivity contribution >= 4 is 11.9 Å². The molecule has 0 aromatic heterocycles. The summed E-state index contributed by atoms with van der Waals surface area (Å²) >= 11 is 0. The quantitative estimate of drug-likeness (QED) is 0.759. The van der Waals surface area contributed by atoms with E-state index in [2.05, 4.69) is 5.32 Å². The zero-order valence-electron chi connectivity index (χ0n) is 14.7. The number of benzene rings is 2. The maximum absolute atomic E-state index is 12.9. The number of amides is 1. The minimum absolute atomic E-state index is 0.0567. The molecule has 2 N–H and O–H groups in total. The molecule has 5 nitrogen and oxygen atoms in total. The van der Waals surface area contributed by atoms with Gasteiger partial charge in [0.05, 0.1) is 0 Å². The van der Waals surface area contributed by atoms with Crippen molar-refractivity contribution in [3.05, 3.63) is 66.0 Å². The fourth-order valence-electron chi connectivity index (χ4n) is 2.69. The number of carboxylic acids is 1. The van der Waals surface area contributed by atoms with Crippen molar-refractivity contribution in [1.29, 1.82) is 0 Å². The van der Waals surface area contributed by atoms with Gasteiger partial charge in [-0.1, -0.05) is 37.3 Å². The summed E-state index contributed by atoms with van der Waals surface area (Å²) in [5.74, 6) is -1.48. The highest BCUT2D eigenvalue weighted by molar-refractivity contribution is 5.85. The second-order valence-electron chi connectivity index (χ2n) is 6.04. The van der Waals surface area contributed by atoms with Crippen LogP contribution in [0.2, 0.25) is 0 Å². The van der Waals surface area contributed by atoms with Crippen LogP contribution < -0.4 is 10.1 Å². The predicted octanol–water partition coefficient (Wildman–Crippen LogP) is 3.14. The summed E-state index contributed by atoms with van der Waals surface area (Å²) in [4.78, 5) is 24.3. The fourth-order valence-corrected chi connectivity index (χ4v) is 2.69. The van der Waals surface area contributed by atoms with Crippen LogP contribution in [0.25, 0.3) is 0 Å². The molecular formula is C20H22FNO4. The van der Waals surface area contributed by atoms with E-state index in [-0.39, 0.29) is 6.54 Å². The first-order chi connectivity index (χ1) is 12.4. The van der Waals surface area contributed by atoms with Crippen LogP contribution in [0.1, 0.15) is 25.8 Å². The average molecular weight is 359 g/mol. The normalized spacial score (nSPS) is 14.1. The molecule has 0 saturated heterocycles. The molecule has 138 valence electrons. The average Bonchev–Trinajstić information content (AvgIpc) is 2.65. The second-order valence-corrected chi connectivity index (χ2v) is 6.04. The molecule has 6 heteroatoms. The molecule has 0 heterocycles. The Morgan fingerprint density at radius 2 is 1.77 bits per heavy atom. The summed E-state index contributed by atoms with van der Waals surface area (Å²) in [5, 5.41) is 12.4. The number of hydrogen-bond acceptors (Lipinski definition) is 3. The maximum atomic E-state index is 12.9. The molecule has 2 aromatic carbocycles. The van der Waals surface area contributed by atoms with Crippen molar-refractivity contribution in [2.45, 2.75) is 31.8 Å². The SMILES string of the molecule is CCC(CNC(=O)C(C)Oc1ccc(F)cc1)(C(=O)O)c1ccccc1. The topological polar surface area (TPSA) is 75.6 Å². The molecule has 2 rings (SSSR count). The lowest BCUT2D eigenvalue weighted by atomic mass is 9.78. The molecule has 2 aromatic rings. The lowest BCUT2D eigenvalue weighted by Gasteiger charge is -2.29. The summed E-state index contributed by atoms with van der Waals surface area (Å²) in [6, 6.07) is 14.2. The number of nitrogens with one attached hydrogen (secondary N) is 1. The van der Waals surface area contributed by atoms with Gasteiger partial charge in [-0.15, -0.1) is 0 Å². The van der Waals surface area contributed by atoms with Crippen LogP contribution in [-0.2, 0) is 15.0 Å². The van der Waals surface area contributed by atoms with Gasteiger partial charge >= 0.3 is 5.97 Å². The monoisotopic (exact) mass is 359 g/mol. The van der Waals surface area contributed by atoms with Crippen LogP contribution >= 0.6 is 0 Å². The lowest BCUT2D eigenvalue weighted by Crippen LogP contribution is -2.48. The first-order valence-corrected chi connectivity index (χ1v) is 8.38. The summed E-state index contributed by atoms with van der Waals surface area (Å²) in [7, 11) is 0. The van der Waals surface area contributed by atoms with Gasteiger partial charge in [-0.3, -0.25) is 9.59 Å². The van der Waals surface area contributed by atoms with E-state index >= 15 is 0 Å². The Labute approximate surface area is 151 Å². The van der Waals surface area contributed by atoms with Gasteiger partial charge in [0.2, 0.25) is 0 Å². The van der Waals surface area contributed by atoms with Gasteiger partial charge in [0, 0.05) is 6.54 Å². The van der Waals surface area contributed by atoms with E-state index in [1.165, 1.54) is 24.3 Å². The van der Waals surface area contributed by atoms with Gasteiger partial charge in [-0.05, 0) is 43.2 Å². The Morgan fingerprint density at radius 3 is 2.31 bits per heavy atom. The van der Waals surface area contributed by atoms with E-state index in [0.29, 0.717) is 17.7 Å². The summed E-state index contributed by atoms with van der Waals surface area (Å²) in [6.45, 7) is 3.26. The van der Waals surface area contributed by atoms with Crippen LogP contribution in [0.4, 0.5) is 4.39 Å². The zero-order chi connectivity index (χ0) is 19.2. The van der Waals surface area contributed by atoms with Crippen LogP contribution in [0.3, 0.4) is 0 Å². The molecule has 0 aliphatic heterocycles. The Bertz CT molecular complexity index is 748. The molecular weight excluding hydrogens is 337 g/mol. The highest BCUT2D eigenvalue weighted by Crippen LogP contribution is 2.28. The molecule has 0 aliphatic rings. The standard InChI is InChI=1S/C20H22FNO4/c1-3-20(19(24)25,15-7-5-4-6-8-15)13-22-18(23)14(2)26-17-11-9-16(21)10-12-17/h4-12,14H,3,13H2,1-2H3,(H,22,23)(H,24,25). The largest absolute Gasteiger partial charge is 0.481 e. The van der Waals surface area contributed by atoms with E-state index in [9.17, 15) is 19.1 Å². The molecule has 0 radical (unpaired) electrons. The van der Waals surface area contributed by atoms with Crippen molar-refractivity contribution < 1.29 is 23.8 Å². The van der Waals surface area contributed by atoms with Crippen LogP contribution in [0, 0.1) is 5.82 Å². The number of aliphatic carboxylic acids is 1. The molecule has 2 atom stereocenters. The summed E-state index contributed by atoms with van der Waals surface area (Å²) in [5.41, 5.74) is -0.589. The highest BCUT2D eigenvalue weighted by atomic mass is 19.1. The third kappa shape index (κ3) is 4.39. The Hall–Kier alpha value is -2.89. The maximum Gasteiger partial charge on any atom is 0.315 e. The number of halogens is 1. The predicted molar refractivity (Wildman–Crippen MR) is 95.5 cm³/mol. The van der Waals surface area contributed by atoms with Crippen LogP contribution in [0.5, 0.6) is 5.75 Å². The fraction of sp³-hybridized carbons (Fsp3) is 0.300. The first-order valence-electron chi connectivity index (χ1n) is 8.38. The number of carbonyl (C=O) groups excluding carboxylic acids is 1. The number of carbonyl (C=O) groups is 2. The van der Waals surface area contributed by atoms with Crippen molar-refractivity contribution in [1.82, 2.24) is 5.32 Å². The number of rotatable bonds is 8. The Balaban J connectivity index is 2.07. The van der Waals surface area contributed by atoms with Crippen LogP contribution in [-0.4, -0.2) is 29.6 Å². The number of carboxylic acid groups (broad SMARTS) is 1. The van der Waals surface area contributed by atoms with Crippen molar-refractivity contribution in [3.63, 3.8) is 0 Å². The summed E-state index contributed by atoms with van der Waals surface area (Å²) in [6.07, 6.45) is -0.528. The van der Waals surface area contributed by atoms with Gasteiger partial charge in [0.15, 0.2) is 6.10 Å². The minimum Gasteiger partial charge on any atom is -0.481 e. The summed E-state index contributed by atoms with van der Waals surface area (Å²) < 4.78 is 18.4. The van der Waals surface area contributed by atoms with Crippen molar-refractivity contribution in [3.8, 4) is 5.75 Å². The van der Waals surface area contributed by atoms with E-state index < -0.39 is 29.2 Å². The van der Waals surface area contributed by atoms with E-state index in [1.807, 2.05) is 6.07 Å². The van der Waals surface area contributed by atoms with Crippen molar-refractivity contribution in [2.24, 2.45) is 0 Å². The van der Waals surface area contributed by atoms with E-state index in [0.717, 1.165) is 0 Å². The Kier molecular flexibility index (Phi) is 6.33. The van der Waals surface area contributed by atoms with E-state index in [1.54, 1.807) is 38.1 Å². The van der Waals surface area contributed by atoms with Crippen LogP contribution in [0.15, 0.2) is 54.6 Å². The van der Waals surface area contributed by atoms with Gasteiger partial charge < -0.3 is 15.2 Å². The molecule has 0 saturated carbocycles.